The van der Waals surface area contributed by atoms with Crippen LogP contribution in [0.2, 0.25) is 0 Å². The maximum atomic E-state index is 11.2. The molecule has 1 atom stereocenters. The SMILES string of the molecule is COCc1nc(CN2CCCCC2C)sc1C(=O)O. The molecule has 0 spiro atoms. The van der Waals surface area contributed by atoms with Gasteiger partial charge in [0.05, 0.1) is 18.8 Å². The number of methoxy groups -OCH3 is 1. The monoisotopic (exact) mass is 284 g/mol. The molecule has 1 aliphatic rings. The first-order valence-corrected chi connectivity index (χ1v) is 7.38. The summed E-state index contributed by atoms with van der Waals surface area (Å²) in [5.74, 6) is -0.914. The van der Waals surface area contributed by atoms with Gasteiger partial charge in [-0.25, -0.2) is 9.78 Å². The third-order valence-corrected chi connectivity index (χ3v) is 4.57. The zero-order chi connectivity index (χ0) is 13.8. The van der Waals surface area contributed by atoms with Crippen molar-refractivity contribution in [2.24, 2.45) is 0 Å². The van der Waals surface area contributed by atoms with E-state index in [0.717, 1.165) is 18.1 Å². The highest BCUT2D eigenvalue weighted by Crippen LogP contribution is 2.24. The summed E-state index contributed by atoms with van der Waals surface area (Å²) in [5, 5.41) is 10.0. The molecule has 6 heteroatoms. The van der Waals surface area contributed by atoms with Gasteiger partial charge < -0.3 is 9.84 Å². The molecule has 0 aromatic carbocycles. The van der Waals surface area contributed by atoms with Crippen molar-refractivity contribution in [1.82, 2.24) is 9.88 Å². The summed E-state index contributed by atoms with van der Waals surface area (Å²) < 4.78 is 5.01. The van der Waals surface area contributed by atoms with Crippen molar-refractivity contribution in [3.05, 3.63) is 15.6 Å². The molecule has 1 unspecified atom stereocenters. The highest BCUT2D eigenvalue weighted by Gasteiger charge is 2.22. The highest BCUT2D eigenvalue weighted by atomic mass is 32.1. The van der Waals surface area contributed by atoms with Crippen LogP contribution in [0.25, 0.3) is 0 Å². The van der Waals surface area contributed by atoms with Crippen LogP contribution in [-0.4, -0.2) is 40.7 Å². The summed E-state index contributed by atoms with van der Waals surface area (Å²) in [7, 11) is 1.55. The van der Waals surface area contributed by atoms with E-state index in [1.165, 1.54) is 30.6 Å². The molecule has 106 valence electrons. The predicted octanol–water partition coefficient (Wildman–Crippen LogP) is 2.36. The average molecular weight is 284 g/mol. The molecule has 0 bridgehead atoms. The summed E-state index contributed by atoms with van der Waals surface area (Å²) in [6.45, 7) is 4.30. The maximum Gasteiger partial charge on any atom is 0.347 e. The third kappa shape index (κ3) is 3.52. The van der Waals surface area contributed by atoms with Crippen LogP contribution in [0.15, 0.2) is 0 Å². The van der Waals surface area contributed by atoms with Crippen molar-refractivity contribution < 1.29 is 14.6 Å². The number of hydrogen-bond donors (Lipinski definition) is 1. The number of carboxylic acid groups (broad SMARTS) is 1. The van der Waals surface area contributed by atoms with Gasteiger partial charge in [0.15, 0.2) is 0 Å². The summed E-state index contributed by atoms with van der Waals surface area (Å²) in [6.07, 6.45) is 3.71. The summed E-state index contributed by atoms with van der Waals surface area (Å²) in [4.78, 5) is 18.3. The number of rotatable bonds is 5. The van der Waals surface area contributed by atoms with Gasteiger partial charge in [-0.15, -0.1) is 11.3 Å². The summed E-state index contributed by atoms with van der Waals surface area (Å²) in [5.41, 5.74) is 0.541. The van der Waals surface area contributed by atoms with Gasteiger partial charge >= 0.3 is 5.97 Å². The topological polar surface area (TPSA) is 62.7 Å². The molecule has 2 heterocycles. The van der Waals surface area contributed by atoms with Gasteiger partial charge in [-0.05, 0) is 26.3 Å². The lowest BCUT2D eigenvalue weighted by Gasteiger charge is -2.32. The van der Waals surface area contributed by atoms with Crippen molar-refractivity contribution >= 4 is 17.3 Å². The average Bonchev–Trinajstić information content (AvgIpc) is 2.76. The molecule has 0 saturated carbocycles. The number of nitrogens with zero attached hydrogens (tertiary/aromatic N) is 2. The van der Waals surface area contributed by atoms with Crippen LogP contribution in [0.4, 0.5) is 0 Å². The number of carbonyl (C=O) groups is 1. The number of piperidine rings is 1. The molecule has 5 nitrogen and oxygen atoms in total. The van der Waals surface area contributed by atoms with E-state index in [1.807, 2.05) is 0 Å². The second-order valence-electron chi connectivity index (χ2n) is 4.94. The van der Waals surface area contributed by atoms with Crippen molar-refractivity contribution in [1.29, 1.82) is 0 Å². The smallest absolute Gasteiger partial charge is 0.347 e. The van der Waals surface area contributed by atoms with Gasteiger partial charge in [0.1, 0.15) is 9.88 Å². The van der Waals surface area contributed by atoms with Crippen molar-refractivity contribution in [2.75, 3.05) is 13.7 Å². The Balaban J connectivity index is 2.11. The van der Waals surface area contributed by atoms with E-state index >= 15 is 0 Å². The summed E-state index contributed by atoms with van der Waals surface area (Å²) in [6, 6.07) is 0.553. The van der Waals surface area contributed by atoms with Crippen LogP contribution in [0.3, 0.4) is 0 Å². The molecule has 0 amide bonds. The minimum absolute atomic E-state index is 0.258. The number of carboxylic acids is 1. The largest absolute Gasteiger partial charge is 0.477 e. The Kier molecular flexibility index (Phi) is 4.90. The van der Waals surface area contributed by atoms with E-state index in [9.17, 15) is 4.79 Å². The molecule has 19 heavy (non-hydrogen) atoms. The Morgan fingerprint density at radius 3 is 3.00 bits per heavy atom. The van der Waals surface area contributed by atoms with E-state index in [1.54, 1.807) is 7.11 Å². The molecule has 0 aliphatic carbocycles. The van der Waals surface area contributed by atoms with Crippen LogP contribution in [-0.2, 0) is 17.9 Å². The first kappa shape index (κ1) is 14.4. The van der Waals surface area contributed by atoms with Crippen molar-refractivity contribution in [3.8, 4) is 0 Å². The third-order valence-electron chi connectivity index (χ3n) is 3.50. The minimum atomic E-state index is -0.914. The number of ether oxygens (including phenoxy) is 1. The van der Waals surface area contributed by atoms with Crippen LogP contribution in [0.1, 0.15) is 46.6 Å². The summed E-state index contributed by atoms with van der Waals surface area (Å²) >= 11 is 1.27. The number of likely N-dealkylation sites (tertiary alicyclic amines) is 1. The zero-order valence-corrected chi connectivity index (χ0v) is 12.2. The van der Waals surface area contributed by atoms with E-state index in [4.69, 9.17) is 9.84 Å². The lowest BCUT2D eigenvalue weighted by atomic mass is 10.0. The molecular formula is C13H20N2O3S. The standard InChI is InChI=1S/C13H20N2O3S/c1-9-5-3-4-6-15(9)7-11-14-10(8-18-2)12(19-11)13(16)17/h9H,3-8H2,1-2H3,(H,16,17). The molecule has 1 fully saturated rings. The Morgan fingerprint density at radius 1 is 1.58 bits per heavy atom. The van der Waals surface area contributed by atoms with Gasteiger partial charge in [0.25, 0.3) is 0 Å². The Bertz CT molecular complexity index is 447. The Morgan fingerprint density at radius 2 is 2.37 bits per heavy atom. The van der Waals surface area contributed by atoms with E-state index < -0.39 is 5.97 Å². The van der Waals surface area contributed by atoms with Gasteiger partial charge in [-0.3, -0.25) is 4.90 Å². The Labute approximate surface area is 117 Å². The number of thiazole rings is 1. The second kappa shape index (κ2) is 6.45. The Hall–Kier alpha value is -0.980. The van der Waals surface area contributed by atoms with Crippen molar-refractivity contribution in [2.45, 2.75) is 45.4 Å². The fourth-order valence-corrected chi connectivity index (χ4v) is 3.37. The van der Waals surface area contributed by atoms with E-state index in [2.05, 4.69) is 16.8 Å². The van der Waals surface area contributed by atoms with Crippen LogP contribution in [0, 0.1) is 0 Å². The fourth-order valence-electron chi connectivity index (χ4n) is 2.44. The molecule has 2 rings (SSSR count). The first-order chi connectivity index (χ1) is 9.11. The van der Waals surface area contributed by atoms with Crippen LogP contribution >= 0.6 is 11.3 Å². The number of hydrogen-bond acceptors (Lipinski definition) is 5. The van der Waals surface area contributed by atoms with E-state index in [0.29, 0.717) is 16.6 Å². The van der Waals surface area contributed by atoms with Gasteiger partial charge in [0, 0.05) is 13.2 Å². The quantitative estimate of drug-likeness (QED) is 0.899. The van der Waals surface area contributed by atoms with Gasteiger partial charge in [0.2, 0.25) is 0 Å². The number of aromatic carboxylic acids is 1. The second-order valence-corrected chi connectivity index (χ2v) is 6.02. The van der Waals surface area contributed by atoms with E-state index in [-0.39, 0.29) is 6.61 Å². The molecule has 1 aromatic heterocycles. The van der Waals surface area contributed by atoms with Crippen LogP contribution < -0.4 is 0 Å². The fraction of sp³-hybridized carbons (Fsp3) is 0.692. The minimum Gasteiger partial charge on any atom is -0.477 e. The molecule has 1 N–H and O–H groups in total. The zero-order valence-electron chi connectivity index (χ0n) is 11.4. The van der Waals surface area contributed by atoms with Gasteiger partial charge in [-0.2, -0.15) is 0 Å². The maximum absolute atomic E-state index is 11.2. The predicted molar refractivity (Wildman–Crippen MR) is 73.5 cm³/mol. The normalized spacial score (nSPS) is 20.6. The lowest BCUT2D eigenvalue weighted by Crippen LogP contribution is -2.36. The molecule has 0 radical (unpaired) electrons. The molecule has 1 aromatic rings. The molecule has 1 aliphatic heterocycles. The highest BCUT2D eigenvalue weighted by molar-refractivity contribution is 7.13. The van der Waals surface area contributed by atoms with Gasteiger partial charge in [-0.1, -0.05) is 6.42 Å². The first-order valence-electron chi connectivity index (χ1n) is 6.56. The van der Waals surface area contributed by atoms with Crippen molar-refractivity contribution in [3.63, 3.8) is 0 Å². The molecular weight excluding hydrogens is 264 g/mol. The lowest BCUT2D eigenvalue weighted by molar-refractivity contribution is 0.0697. The molecule has 1 saturated heterocycles. The number of aromatic nitrogens is 1. The van der Waals surface area contributed by atoms with Crippen LogP contribution in [0.5, 0.6) is 0 Å².